The molecule has 130 valence electrons. The average Bonchev–Trinajstić information content (AvgIpc) is 2.65. The third-order valence-corrected chi connectivity index (χ3v) is 4.06. The Morgan fingerprint density at radius 2 is 1.92 bits per heavy atom. The Kier molecular flexibility index (Phi) is 5.33. The predicted octanol–water partition coefficient (Wildman–Crippen LogP) is 4.17. The van der Waals surface area contributed by atoms with Crippen LogP contribution in [-0.2, 0) is 0 Å². The van der Waals surface area contributed by atoms with Crippen molar-refractivity contribution in [3.8, 4) is 22.9 Å². The number of benzene rings is 2. The predicted molar refractivity (Wildman–Crippen MR) is 99.4 cm³/mol. The van der Waals surface area contributed by atoms with E-state index in [2.05, 4.69) is 16.9 Å². The minimum absolute atomic E-state index is 0.153. The van der Waals surface area contributed by atoms with Crippen LogP contribution in [0.15, 0.2) is 47.3 Å². The van der Waals surface area contributed by atoms with Crippen molar-refractivity contribution >= 4 is 10.9 Å². The van der Waals surface area contributed by atoms with E-state index in [1.807, 2.05) is 36.4 Å². The van der Waals surface area contributed by atoms with Crippen molar-refractivity contribution in [2.45, 2.75) is 26.2 Å². The van der Waals surface area contributed by atoms with Crippen LogP contribution in [-0.4, -0.2) is 23.7 Å². The Morgan fingerprint density at radius 3 is 2.72 bits per heavy atom. The highest BCUT2D eigenvalue weighted by Crippen LogP contribution is 2.31. The molecule has 25 heavy (non-hydrogen) atoms. The molecule has 0 unspecified atom stereocenters. The number of nitrogens with one attached hydrogen (secondary N) is 1. The molecule has 0 spiro atoms. The largest absolute Gasteiger partial charge is 0.493 e. The molecule has 0 bridgehead atoms. The maximum absolute atomic E-state index is 12.2. The third-order valence-electron chi connectivity index (χ3n) is 4.06. The van der Waals surface area contributed by atoms with Crippen molar-refractivity contribution in [3.63, 3.8) is 0 Å². The van der Waals surface area contributed by atoms with Crippen LogP contribution in [0, 0.1) is 0 Å². The van der Waals surface area contributed by atoms with E-state index < -0.39 is 0 Å². The number of hydrogen-bond acceptors (Lipinski definition) is 4. The first-order valence-corrected chi connectivity index (χ1v) is 8.53. The highest BCUT2D eigenvalue weighted by Gasteiger charge is 2.10. The van der Waals surface area contributed by atoms with E-state index in [9.17, 15) is 4.79 Å². The van der Waals surface area contributed by atoms with Crippen molar-refractivity contribution in [1.29, 1.82) is 0 Å². The molecular formula is C20H22N2O3. The Balaban J connectivity index is 1.91. The van der Waals surface area contributed by atoms with E-state index in [-0.39, 0.29) is 5.56 Å². The molecule has 5 heteroatoms. The van der Waals surface area contributed by atoms with Crippen LogP contribution >= 0.6 is 0 Å². The van der Waals surface area contributed by atoms with E-state index in [0.29, 0.717) is 34.8 Å². The van der Waals surface area contributed by atoms with Crippen molar-refractivity contribution in [2.24, 2.45) is 0 Å². The summed E-state index contributed by atoms with van der Waals surface area (Å²) in [4.78, 5) is 19.6. The fraction of sp³-hybridized carbons (Fsp3) is 0.300. The molecule has 0 aliphatic carbocycles. The number of rotatable bonds is 7. The molecule has 1 N–H and O–H groups in total. The summed E-state index contributed by atoms with van der Waals surface area (Å²) in [6, 6.07) is 12.9. The van der Waals surface area contributed by atoms with Crippen LogP contribution in [0.25, 0.3) is 22.3 Å². The number of H-pyrrole nitrogens is 1. The summed E-state index contributed by atoms with van der Waals surface area (Å²) in [6.07, 6.45) is 3.31. The second-order valence-corrected chi connectivity index (χ2v) is 5.85. The first-order valence-electron chi connectivity index (χ1n) is 8.53. The van der Waals surface area contributed by atoms with Gasteiger partial charge in [0.05, 0.1) is 24.6 Å². The normalized spacial score (nSPS) is 10.8. The average molecular weight is 338 g/mol. The molecule has 0 aliphatic rings. The van der Waals surface area contributed by atoms with Gasteiger partial charge in [0.25, 0.3) is 5.56 Å². The number of nitrogens with zero attached hydrogens (tertiary/aromatic N) is 1. The molecule has 0 atom stereocenters. The van der Waals surface area contributed by atoms with Gasteiger partial charge in [0.2, 0.25) is 0 Å². The number of ether oxygens (including phenoxy) is 2. The number of methoxy groups -OCH3 is 1. The summed E-state index contributed by atoms with van der Waals surface area (Å²) in [7, 11) is 1.61. The van der Waals surface area contributed by atoms with Gasteiger partial charge in [0.1, 0.15) is 5.82 Å². The van der Waals surface area contributed by atoms with Gasteiger partial charge < -0.3 is 14.5 Å². The van der Waals surface area contributed by atoms with E-state index in [1.165, 1.54) is 0 Å². The van der Waals surface area contributed by atoms with Crippen LogP contribution in [0.5, 0.6) is 11.5 Å². The van der Waals surface area contributed by atoms with Crippen LogP contribution in [0.1, 0.15) is 26.2 Å². The standard InChI is InChI=1S/C20H22N2O3/c1-3-4-7-12-25-17-11-10-14(13-18(17)24-2)19-21-16-9-6-5-8-15(16)20(23)22-19/h5-6,8-11,13H,3-4,7,12H2,1-2H3,(H,21,22,23). The van der Waals surface area contributed by atoms with Crippen LogP contribution in [0.4, 0.5) is 0 Å². The highest BCUT2D eigenvalue weighted by atomic mass is 16.5. The summed E-state index contributed by atoms with van der Waals surface area (Å²) in [5, 5.41) is 0.578. The fourth-order valence-electron chi connectivity index (χ4n) is 2.69. The van der Waals surface area contributed by atoms with Gasteiger partial charge in [-0.25, -0.2) is 4.98 Å². The maximum Gasteiger partial charge on any atom is 0.259 e. The Hall–Kier alpha value is -2.82. The zero-order valence-corrected chi connectivity index (χ0v) is 14.5. The van der Waals surface area contributed by atoms with E-state index in [1.54, 1.807) is 13.2 Å². The van der Waals surface area contributed by atoms with E-state index in [0.717, 1.165) is 24.8 Å². The summed E-state index contributed by atoms with van der Waals surface area (Å²) < 4.78 is 11.2. The van der Waals surface area contributed by atoms with E-state index >= 15 is 0 Å². The van der Waals surface area contributed by atoms with Gasteiger partial charge in [-0.1, -0.05) is 31.9 Å². The van der Waals surface area contributed by atoms with Crippen LogP contribution < -0.4 is 15.0 Å². The van der Waals surface area contributed by atoms with Crippen molar-refractivity contribution in [3.05, 3.63) is 52.8 Å². The highest BCUT2D eigenvalue weighted by molar-refractivity contribution is 5.79. The van der Waals surface area contributed by atoms with Crippen molar-refractivity contribution in [2.75, 3.05) is 13.7 Å². The van der Waals surface area contributed by atoms with Crippen LogP contribution in [0.2, 0.25) is 0 Å². The number of unbranched alkanes of at least 4 members (excludes halogenated alkanes) is 2. The number of aromatic nitrogens is 2. The fourth-order valence-corrected chi connectivity index (χ4v) is 2.69. The maximum atomic E-state index is 12.2. The lowest BCUT2D eigenvalue weighted by molar-refractivity contribution is 0.286. The summed E-state index contributed by atoms with van der Waals surface area (Å²) in [6.45, 7) is 2.82. The Bertz CT molecular complexity index is 918. The summed E-state index contributed by atoms with van der Waals surface area (Å²) >= 11 is 0. The lowest BCUT2D eigenvalue weighted by Crippen LogP contribution is -2.09. The van der Waals surface area contributed by atoms with Gasteiger partial charge >= 0.3 is 0 Å². The Morgan fingerprint density at radius 1 is 1.08 bits per heavy atom. The van der Waals surface area contributed by atoms with Crippen molar-refractivity contribution < 1.29 is 9.47 Å². The van der Waals surface area contributed by atoms with Gasteiger partial charge in [-0.15, -0.1) is 0 Å². The molecule has 0 fully saturated rings. The molecule has 3 aromatic rings. The molecule has 1 aromatic heterocycles. The molecule has 0 aliphatic heterocycles. The van der Waals surface area contributed by atoms with Crippen molar-refractivity contribution in [1.82, 2.24) is 9.97 Å². The number of aromatic amines is 1. The topological polar surface area (TPSA) is 64.2 Å². The minimum Gasteiger partial charge on any atom is -0.493 e. The van der Waals surface area contributed by atoms with Gasteiger partial charge in [0, 0.05) is 5.56 Å². The minimum atomic E-state index is -0.153. The Labute approximate surface area is 146 Å². The third kappa shape index (κ3) is 3.82. The molecule has 0 saturated heterocycles. The van der Waals surface area contributed by atoms with Gasteiger partial charge in [0.15, 0.2) is 11.5 Å². The first-order chi connectivity index (χ1) is 12.2. The lowest BCUT2D eigenvalue weighted by atomic mass is 10.1. The lowest BCUT2D eigenvalue weighted by Gasteiger charge is -2.12. The summed E-state index contributed by atoms with van der Waals surface area (Å²) in [5.74, 6) is 1.84. The SMILES string of the molecule is CCCCCOc1ccc(-c2nc3ccccc3c(=O)[nH]2)cc1OC. The smallest absolute Gasteiger partial charge is 0.259 e. The monoisotopic (exact) mass is 338 g/mol. The zero-order chi connectivity index (χ0) is 17.6. The molecule has 0 radical (unpaired) electrons. The summed E-state index contributed by atoms with van der Waals surface area (Å²) in [5.41, 5.74) is 1.29. The van der Waals surface area contributed by atoms with Gasteiger partial charge in [-0.05, 0) is 36.8 Å². The second kappa shape index (κ2) is 7.83. The number of fused-ring (bicyclic) bond motifs is 1. The van der Waals surface area contributed by atoms with Gasteiger partial charge in [-0.2, -0.15) is 0 Å². The second-order valence-electron chi connectivity index (χ2n) is 5.85. The zero-order valence-electron chi connectivity index (χ0n) is 14.5. The molecule has 3 rings (SSSR count). The van der Waals surface area contributed by atoms with E-state index in [4.69, 9.17) is 9.47 Å². The molecule has 2 aromatic carbocycles. The van der Waals surface area contributed by atoms with Gasteiger partial charge in [-0.3, -0.25) is 4.79 Å². The number of hydrogen-bond donors (Lipinski definition) is 1. The molecule has 0 saturated carbocycles. The molecular weight excluding hydrogens is 316 g/mol. The van der Waals surface area contributed by atoms with Crippen LogP contribution in [0.3, 0.4) is 0 Å². The number of para-hydroxylation sites is 1. The molecule has 0 amide bonds. The quantitative estimate of drug-likeness (QED) is 0.657. The molecule has 5 nitrogen and oxygen atoms in total. The first kappa shape index (κ1) is 17.0. The molecule has 1 heterocycles.